The average Bonchev–Trinajstić information content (AvgIpc) is 2.81. The summed E-state index contributed by atoms with van der Waals surface area (Å²) in [6.07, 6.45) is 3.06. The molecule has 1 rings (SSSR count). The molecule has 3 nitrogen and oxygen atoms in total. The summed E-state index contributed by atoms with van der Waals surface area (Å²) in [6.45, 7) is 4.82. The SMILES string of the molecule is CCC(C(=O)O)N(CC)C1CC1. The molecule has 1 fully saturated rings. The molecule has 0 saturated heterocycles. The van der Waals surface area contributed by atoms with E-state index in [9.17, 15) is 4.79 Å². The van der Waals surface area contributed by atoms with E-state index in [0.29, 0.717) is 12.5 Å². The molecule has 1 aliphatic carbocycles. The van der Waals surface area contributed by atoms with Crippen molar-refractivity contribution in [2.24, 2.45) is 0 Å². The zero-order chi connectivity index (χ0) is 9.14. The molecule has 1 atom stereocenters. The highest BCUT2D eigenvalue weighted by Crippen LogP contribution is 2.29. The van der Waals surface area contributed by atoms with Crippen molar-refractivity contribution in [3.63, 3.8) is 0 Å². The number of aliphatic carboxylic acids is 1. The van der Waals surface area contributed by atoms with E-state index in [1.165, 1.54) is 12.8 Å². The van der Waals surface area contributed by atoms with Crippen LogP contribution in [-0.4, -0.2) is 34.6 Å². The van der Waals surface area contributed by atoms with Crippen LogP contribution in [0.25, 0.3) is 0 Å². The van der Waals surface area contributed by atoms with E-state index < -0.39 is 5.97 Å². The van der Waals surface area contributed by atoms with Crippen LogP contribution in [0.3, 0.4) is 0 Å². The molecule has 0 heterocycles. The Kier molecular flexibility index (Phi) is 3.09. The fourth-order valence-electron chi connectivity index (χ4n) is 1.69. The van der Waals surface area contributed by atoms with Crippen molar-refractivity contribution in [3.8, 4) is 0 Å². The summed E-state index contributed by atoms with van der Waals surface area (Å²) >= 11 is 0. The van der Waals surface area contributed by atoms with Crippen LogP contribution in [0.1, 0.15) is 33.1 Å². The topological polar surface area (TPSA) is 40.5 Å². The number of carbonyl (C=O) groups is 1. The molecule has 0 radical (unpaired) electrons. The van der Waals surface area contributed by atoms with Gasteiger partial charge in [-0.1, -0.05) is 13.8 Å². The Morgan fingerprint density at radius 1 is 1.58 bits per heavy atom. The number of carboxylic acids is 1. The van der Waals surface area contributed by atoms with Gasteiger partial charge in [0.05, 0.1) is 0 Å². The van der Waals surface area contributed by atoms with Crippen molar-refractivity contribution in [2.45, 2.75) is 45.2 Å². The van der Waals surface area contributed by atoms with E-state index >= 15 is 0 Å². The van der Waals surface area contributed by atoms with Gasteiger partial charge in [0.2, 0.25) is 0 Å². The first-order valence-corrected chi connectivity index (χ1v) is 4.69. The number of carboxylic acid groups (broad SMARTS) is 1. The lowest BCUT2D eigenvalue weighted by molar-refractivity contribution is -0.143. The molecule has 1 N–H and O–H groups in total. The molecule has 0 aliphatic heterocycles. The van der Waals surface area contributed by atoms with Gasteiger partial charge in [-0.3, -0.25) is 9.69 Å². The van der Waals surface area contributed by atoms with Crippen LogP contribution < -0.4 is 0 Å². The molecule has 0 aromatic heterocycles. The van der Waals surface area contributed by atoms with E-state index in [1.54, 1.807) is 0 Å². The Morgan fingerprint density at radius 3 is 2.42 bits per heavy atom. The Balaban J connectivity index is 2.53. The third kappa shape index (κ3) is 1.97. The first-order valence-electron chi connectivity index (χ1n) is 4.69. The van der Waals surface area contributed by atoms with Gasteiger partial charge in [0.15, 0.2) is 0 Å². The molecule has 1 unspecified atom stereocenters. The molecule has 3 heteroatoms. The number of rotatable bonds is 5. The molecule has 0 amide bonds. The third-order valence-corrected chi connectivity index (χ3v) is 2.45. The summed E-state index contributed by atoms with van der Waals surface area (Å²) in [4.78, 5) is 12.9. The lowest BCUT2D eigenvalue weighted by Gasteiger charge is -2.26. The van der Waals surface area contributed by atoms with Crippen molar-refractivity contribution >= 4 is 5.97 Å². The first kappa shape index (κ1) is 9.52. The fourth-order valence-corrected chi connectivity index (χ4v) is 1.69. The highest BCUT2D eigenvalue weighted by Gasteiger charge is 2.34. The summed E-state index contributed by atoms with van der Waals surface area (Å²) < 4.78 is 0. The van der Waals surface area contributed by atoms with Gasteiger partial charge in [-0.25, -0.2) is 0 Å². The lowest BCUT2D eigenvalue weighted by Crippen LogP contribution is -2.42. The minimum Gasteiger partial charge on any atom is -0.480 e. The number of nitrogens with zero attached hydrogens (tertiary/aromatic N) is 1. The molecule has 70 valence electrons. The van der Waals surface area contributed by atoms with Crippen molar-refractivity contribution in [1.29, 1.82) is 0 Å². The van der Waals surface area contributed by atoms with E-state index in [1.807, 2.05) is 13.8 Å². The van der Waals surface area contributed by atoms with E-state index in [0.717, 1.165) is 6.54 Å². The molecule has 1 saturated carbocycles. The minimum atomic E-state index is -0.675. The molecular formula is C9H17NO2. The summed E-state index contributed by atoms with van der Waals surface area (Å²) in [5.74, 6) is -0.675. The standard InChI is InChI=1S/C9H17NO2/c1-3-8(9(11)12)10(4-2)7-5-6-7/h7-8H,3-6H2,1-2H3,(H,11,12). The maximum atomic E-state index is 10.8. The van der Waals surface area contributed by atoms with Gasteiger partial charge < -0.3 is 5.11 Å². The van der Waals surface area contributed by atoms with Crippen LogP contribution in [0, 0.1) is 0 Å². The first-order chi connectivity index (χ1) is 5.70. The molecule has 0 spiro atoms. The molecule has 0 bridgehead atoms. The number of likely N-dealkylation sites (N-methyl/N-ethyl adjacent to an activating group) is 1. The number of hydrogen-bond donors (Lipinski definition) is 1. The fraction of sp³-hybridized carbons (Fsp3) is 0.889. The second kappa shape index (κ2) is 3.90. The quantitative estimate of drug-likeness (QED) is 0.678. The second-order valence-corrected chi connectivity index (χ2v) is 3.32. The predicted octanol–water partition coefficient (Wildman–Crippen LogP) is 1.33. The smallest absolute Gasteiger partial charge is 0.320 e. The monoisotopic (exact) mass is 171 g/mol. The van der Waals surface area contributed by atoms with Gasteiger partial charge in [0.25, 0.3) is 0 Å². The Labute approximate surface area is 73.4 Å². The lowest BCUT2D eigenvalue weighted by atomic mass is 10.2. The van der Waals surface area contributed by atoms with Crippen LogP contribution in [0.2, 0.25) is 0 Å². The van der Waals surface area contributed by atoms with Crippen LogP contribution >= 0.6 is 0 Å². The molecule has 12 heavy (non-hydrogen) atoms. The molecule has 0 aromatic rings. The Morgan fingerprint density at radius 2 is 2.17 bits per heavy atom. The summed E-state index contributed by atoms with van der Waals surface area (Å²) in [5.41, 5.74) is 0. The van der Waals surface area contributed by atoms with E-state index in [4.69, 9.17) is 5.11 Å². The van der Waals surface area contributed by atoms with E-state index in [-0.39, 0.29) is 6.04 Å². The summed E-state index contributed by atoms with van der Waals surface area (Å²) in [6, 6.07) is 0.290. The third-order valence-electron chi connectivity index (χ3n) is 2.45. The maximum Gasteiger partial charge on any atom is 0.320 e. The van der Waals surface area contributed by atoms with Crippen LogP contribution in [0.5, 0.6) is 0 Å². The van der Waals surface area contributed by atoms with Crippen LogP contribution in [0.15, 0.2) is 0 Å². The molecule has 1 aliphatic rings. The van der Waals surface area contributed by atoms with Crippen molar-refractivity contribution in [1.82, 2.24) is 4.90 Å². The van der Waals surface area contributed by atoms with Gasteiger partial charge in [-0.2, -0.15) is 0 Å². The summed E-state index contributed by atoms with van der Waals surface area (Å²) in [7, 11) is 0. The van der Waals surface area contributed by atoms with E-state index in [2.05, 4.69) is 4.90 Å². The second-order valence-electron chi connectivity index (χ2n) is 3.32. The Bertz CT molecular complexity index is 166. The van der Waals surface area contributed by atoms with Gasteiger partial charge in [-0.05, 0) is 25.8 Å². The van der Waals surface area contributed by atoms with Crippen LogP contribution in [-0.2, 0) is 4.79 Å². The number of hydrogen-bond acceptors (Lipinski definition) is 2. The summed E-state index contributed by atoms with van der Waals surface area (Å²) in [5, 5.41) is 8.91. The average molecular weight is 171 g/mol. The van der Waals surface area contributed by atoms with Gasteiger partial charge in [0.1, 0.15) is 6.04 Å². The zero-order valence-electron chi connectivity index (χ0n) is 7.79. The highest BCUT2D eigenvalue weighted by atomic mass is 16.4. The zero-order valence-corrected chi connectivity index (χ0v) is 7.79. The van der Waals surface area contributed by atoms with Crippen molar-refractivity contribution in [3.05, 3.63) is 0 Å². The van der Waals surface area contributed by atoms with Gasteiger partial charge in [-0.15, -0.1) is 0 Å². The molecular weight excluding hydrogens is 154 g/mol. The Hall–Kier alpha value is -0.570. The molecule has 0 aromatic carbocycles. The van der Waals surface area contributed by atoms with Crippen LogP contribution in [0.4, 0.5) is 0 Å². The maximum absolute atomic E-state index is 10.8. The highest BCUT2D eigenvalue weighted by molar-refractivity contribution is 5.73. The van der Waals surface area contributed by atoms with Crippen molar-refractivity contribution in [2.75, 3.05) is 6.54 Å². The predicted molar refractivity (Wildman–Crippen MR) is 47.1 cm³/mol. The largest absolute Gasteiger partial charge is 0.480 e. The minimum absolute atomic E-state index is 0.262. The normalized spacial score (nSPS) is 19.6. The van der Waals surface area contributed by atoms with Gasteiger partial charge in [0, 0.05) is 6.04 Å². The van der Waals surface area contributed by atoms with Gasteiger partial charge >= 0.3 is 5.97 Å². The van der Waals surface area contributed by atoms with Crippen molar-refractivity contribution < 1.29 is 9.90 Å².